The Morgan fingerprint density at radius 3 is 2.71 bits per heavy atom. The van der Waals surface area contributed by atoms with Crippen molar-refractivity contribution in [2.24, 2.45) is 0 Å². The van der Waals surface area contributed by atoms with E-state index in [0.29, 0.717) is 0 Å². The van der Waals surface area contributed by atoms with E-state index in [2.05, 4.69) is 0 Å². The second kappa shape index (κ2) is 5.43. The number of anilines is 1. The van der Waals surface area contributed by atoms with Crippen LogP contribution in [0.5, 0.6) is 0 Å². The third-order valence-electron chi connectivity index (χ3n) is 2.25. The minimum atomic E-state index is -0.385. The molecule has 88 valence electrons. The maximum absolute atomic E-state index is 13.0. The third-order valence-corrected chi connectivity index (χ3v) is 3.60. The molecule has 0 saturated heterocycles. The van der Waals surface area contributed by atoms with Gasteiger partial charge in [0.2, 0.25) is 0 Å². The normalized spacial score (nSPS) is 10.5. The summed E-state index contributed by atoms with van der Waals surface area (Å²) < 4.78 is 13.0. The predicted molar refractivity (Wildman–Crippen MR) is 71.8 cm³/mol. The molecule has 0 bridgehead atoms. The van der Waals surface area contributed by atoms with Crippen molar-refractivity contribution in [1.82, 2.24) is 0 Å². The molecule has 0 unspecified atom stereocenters. The molecule has 0 radical (unpaired) electrons. The highest BCUT2D eigenvalue weighted by molar-refractivity contribution is 7.98. The monoisotopic (exact) mass is 267 g/mol. The second-order valence-electron chi connectivity index (χ2n) is 3.61. The zero-order valence-electron chi connectivity index (χ0n) is 8.99. The van der Waals surface area contributed by atoms with Crippen LogP contribution in [0.25, 0.3) is 0 Å². The van der Waals surface area contributed by atoms with Gasteiger partial charge in [-0.3, -0.25) is 0 Å². The lowest BCUT2D eigenvalue weighted by Crippen LogP contribution is -1.86. The maximum Gasteiger partial charge on any atom is 0.141 e. The molecule has 4 heteroatoms. The van der Waals surface area contributed by atoms with Crippen LogP contribution in [0.2, 0.25) is 5.02 Å². The van der Waals surface area contributed by atoms with Gasteiger partial charge in [0.1, 0.15) is 5.82 Å². The molecule has 0 amide bonds. The van der Waals surface area contributed by atoms with Gasteiger partial charge >= 0.3 is 0 Å². The number of hydrogen-bond acceptors (Lipinski definition) is 2. The molecule has 0 heterocycles. The van der Waals surface area contributed by atoms with Crippen molar-refractivity contribution in [3.05, 3.63) is 58.9 Å². The Labute approximate surface area is 109 Å². The zero-order chi connectivity index (χ0) is 12.3. The summed E-state index contributed by atoms with van der Waals surface area (Å²) in [6, 6.07) is 12.4. The fraction of sp³-hybridized carbons (Fsp3) is 0.0769. The van der Waals surface area contributed by atoms with Crippen LogP contribution in [-0.2, 0) is 5.75 Å². The minimum absolute atomic E-state index is 0.163. The molecule has 0 spiro atoms. The molecule has 17 heavy (non-hydrogen) atoms. The lowest BCUT2D eigenvalue weighted by molar-refractivity contribution is 0.628. The van der Waals surface area contributed by atoms with Gasteiger partial charge in [-0.05, 0) is 35.9 Å². The molecular formula is C13H11ClFNS. The Kier molecular flexibility index (Phi) is 3.92. The summed E-state index contributed by atoms with van der Waals surface area (Å²) in [5.41, 5.74) is 7.42. The van der Waals surface area contributed by atoms with Crippen molar-refractivity contribution >= 4 is 29.1 Å². The summed E-state index contributed by atoms with van der Waals surface area (Å²) in [7, 11) is 0. The van der Waals surface area contributed by atoms with E-state index in [4.69, 9.17) is 17.3 Å². The molecule has 0 atom stereocenters. The lowest BCUT2D eigenvalue weighted by Gasteiger charge is -2.04. The summed E-state index contributed by atoms with van der Waals surface area (Å²) in [6.45, 7) is 0. The minimum Gasteiger partial charge on any atom is -0.399 e. The van der Waals surface area contributed by atoms with Crippen LogP contribution in [0.4, 0.5) is 10.1 Å². The summed E-state index contributed by atoms with van der Waals surface area (Å²) in [5, 5.41) is 0.163. The Bertz CT molecular complexity index is 531. The lowest BCUT2D eigenvalue weighted by atomic mass is 10.2. The number of hydrogen-bond donors (Lipinski definition) is 1. The topological polar surface area (TPSA) is 26.0 Å². The average molecular weight is 268 g/mol. The molecule has 1 nitrogen and oxygen atoms in total. The van der Waals surface area contributed by atoms with Crippen molar-refractivity contribution < 1.29 is 4.39 Å². The quantitative estimate of drug-likeness (QED) is 0.661. The summed E-state index contributed by atoms with van der Waals surface area (Å²) in [6.07, 6.45) is 0. The van der Waals surface area contributed by atoms with Gasteiger partial charge in [0.05, 0.1) is 5.02 Å². The highest BCUT2D eigenvalue weighted by atomic mass is 35.5. The molecule has 2 aromatic rings. The molecule has 0 aliphatic rings. The first kappa shape index (κ1) is 12.3. The average Bonchev–Trinajstić information content (AvgIpc) is 2.31. The van der Waals surface area contributed by atoms with Gasteiger partial charge in [-0.25, -0.2) is 4.39 Å². The smallest absolute Gasteiger partial charge is 0.141 e. The van der Waals surface area contributed by atoms with E-state index < -0.39 is 0 Å². The van der Waals surface area contributed by atoms with Crippen molar-refractivity contribution in [3.63, 3.8) is 0 Å². The Balaban J connectivity index is 2.05. The van der Waals surface area contributed by atoms with Crippen LogP contribution in [0.1, 0.15) is 5.56 Å². The van der Waals surface area contributed by atoms with Crippen LogP contribution in [0, 0.1) is 5.82 Å². The third kappa shape index (κ3) is 3.38. The van der Waals surface area contributed by atoms with E-state index in [1.165, 1.54) is 6.07 Å². The van der Waals surface area contributed by atoms with Crippen LogP contribution in [0.3, 0.4) is 0 Å². The van der Waals surface area contributed by atoms with E-state index in [0.717, 1.165) is 21.9 Å². The first-order valence-corrected chi connectivity index (χ1v) is 6.44. The van der Waals surface area contributed by atoms with Gasteiger partial charge in [0.25, 0.3) is 0 Å². The van der Waals surface area contributed by atoms with Crippen molar-refractivity contribution in [2.45, 2.75) is 10.6 Å². The van der Waals surface area contributed by atoms with Gasteiger partial charge in [-0.15, -0.1) is 11.8 Å². The van der Waals surface area contributed by atoms with E-state index in [1.807, 2.05) is 24.3 Å². The highest BCUT2D eigenvalue weighted by Gasteiger charge is 2.02. The summed E-state index contributed by atoms with van der Waals surface area (Å²) in [5.74, 6) is 0.355. The molecule has 0 saturated carbocycles. The number of halogens is 2. The molecule has 0 aliphatic carbocycles. The molecular weight excluding hydrogens is 257 g/mol. The van der Waals surface area contributed by atoms with Crippen LogP contribution in [0.15, 0.2) is 47.4 Å². The first-order chi connectivity index (χ1) is 8.15. The SMILES string of the molecule is Nc1cccc(SCc2ccc(F)c(Cl)c2)c1. The number of nitrogen functional groups attached to an aromatic ring is 1. The Morgan fingerprint density at radius 2 is 2.00 bits per heavy atom. The van der Waals surface area contributed by atoms with Crippen molar-refractivity contribution in [2.75, 3.05) is 5.73 Å². The largest absolute Gasteiger partial charge is 0.399 e. The number of thioether (sulfide) groups is 1. The van der Waals surface area contributed by atoms with Crippen LogP contribution >= 0.6 is 23.4 Å². The number of nitrogens with two attached hydrogens (primary N) is 1. The predicted octanol–water partition coefficient (Wildman–Crippen LogP) is 4.35. The van der Waals surface area contributed by atoms with Gasteiger partial charge in [0, 0.05) is 16.3 Å². The maximum atomic E-state index is 13.0. The first-order valence-electron chi connectivity index (χ1n) is 5.07. The molecule has 0 aromatic heterocycles. The molecule has 0 aliphatic heterocycles. The fourth-order valence-corrected chi connectivity index (χ4v) is 2.51. The zero-order valence-corrected chi connectivity index (χ0v) is 10.6. The molecule has 2 aromatic carbocycles. The molecule has 2 rings (SSSR count). The van der Waals surface area contributed by atoms with Crippen LogP contribution in [-0.4, -0.2) is 0 Å². The van der Waals surface area contributed by atoms with Crippen molar-refractivity contribution in [3.8, 4) is 0 Å². The Hall–Kier alpha value is -1.19. The fourth-order valence-electron chi connectivity index (χ4n) is 1.40. The van der Waals surface area contributed by atoms with Gasteiger partial charge < -0.3 is 5.73 Å². The number of benzene rings is 2. The standard InChI is InChI=1S/C13H11ClFNS/c14-12-6-9(4-5-13(12)15)8-17-11-3-1-2-10(16)7-11/h1-7H,8,16H2. The number of rotatable bonds is 3. The van der Waals surface area contributed by atoms with E-state index in [9.17, 15) is 4.39 Å². The highest BCUT2D eigenvalue weighted by Crippen LogP contribution is 2.26. The Morgan fingerprint density at radius 1 is 1.18 bits per heavy atom. The van der Waals surface area contributed by atoms with Crippen LogP contribution < -0.4 is 5.73 Å². The van der Waals surface area contributed by atoms with E-state index >= 15 is 0 Å². The summed E-state index contributed by atoms with van der Waals surface area (Å²) >= 11 is 7.36. The second-order valence-corrected chi connectivity index (χ2v) is 5.07. The van der Waals surface area contributed by atoms with Gasteiger partial charge in [-0.1, -0.05) is 23.7 Å². The van der Waals surface area contributed by atoms with Gasteiger partial charge in [0.15, 0.2) is 0 Å². The van der Waals surface area contributed by atoms with Crippen molar-refractivity contribution in [1.29, 1.82) is 0 Å². The summed E-state index contributed by atoms with van der Waals surface area (Å²) in [4.78, 5) is 1.09. The molecule has 0 fully saturated rings. The molecule has 2 N–H and O–H groups in total. The van der Waals surface area contributed by atoms with E-state index in [1.54, 1.807) is 23.9 Å². The van der Waals surface area contributed by atoms with E-state index in [-0.39, 0.29) is 10.8 Å². The van der Waals surface area contributed by atoms with Gasteiger partial charge in [-0.2, -0.15) is 0 Å².